The van der Waals surface area contributed by atoms with E-state index in [1.807, 2.05) is 0 Å². The molecule has 0 aliphatic rings. The van der Waals surface area contributed by atoms with Crippen molar-refractivity contribution in [1.29, 1.82) is 0 Å². The van der Waals surface area contributed by atoms with E-state index in [1.165, 1.54) is 0 Å². The lowest BCUT2D eigenvalue weighted by Crippen LogP contribution is -1.90. The fourth-order valence-corrected chi connectivity index (χ4v) is 0.731. The molecule has 0 atom stereocenters. The predicted molar refractivity (Wildman–Crippen MR) is 33.6 cm³/mol. The van der Waals surface area contributed by atoms with Crippen LogP contribution < -0.4 is 4.74 Å². The lowest BCUT2D eigenvalue weighted by molar-refractivity contribution is 0.382. The third-order valence-electron chi connectivity index (χ3n) is 1.15. The van der Waals surface area contributed by atoms with Crippen molar-refractivity contribution in [2.24, 2.45) is 7.05 Å². The maximum absolute atomic E-state index is 8.86. The second kappa shape index (κ2) is 2.01. The van der Waals surface area contributed by atoms with Crippen LogP contribution in [-0.2, 0) is 7.05 Å². The van der Waals surface area contributed by atoms with E-state index in [4.69, 9.17) is 9.84 Å². The number of aryl methyl sites for hydroxylation is 1. The Balaban J connectivity index is 3.01. The highest BCUT2D eigenvalue weighted by molar-refractivity contribution is 5.27. The van der Waals surface area contributed by atoms with Gasteiger partial charge >= 0.3 is 0 Å². The molecular formula is C6H9NO2. The summed E-state index contributed by atoms with van der Waals surface area (Å²) in [6.07, 6.45) is 1.58. The summed E-state index contributed by atoms with van der Waals surface area (Å²) in [4.78, 5) is 0. The quantitative estimate of drug-likeness (QED) is 0.603. The highest BCUT2D eigenvalue weighted by Crippen LogP contribution is 2.18. The van der Waals surface area contributed by atoms with Crippen LogP contribution in [0.2, 0.25) is 0 Å². The van der Waals surface area contributed by atoms with Crippen LogP contribution in [0.25, 0.3) is 0 Å². The van der Waals surface area contributed by atoms with Gasteiger partial charge in [-0.15, -0.1) is 0 Å². The average Bonchev–Trinajstić information content (AvgIpc) is 2.10. The van der Waals surface area contributed by atoms with E-state index in [2.05, 4.69) is 0 Å². The van der Waals surface area contributed by atoms with Crippen molar-refractivity contribution in [2.75, 3.05) is 7.11 Å². The van der Waals surface area contributed by atoms with Crippen molar-refractivity contribution in [3.8, 4) is 11.6 Å². The maximum Gasteiger partial charge on any atom is 0.196 e. The minimum absolute atomic E-state index is 0.231. The van der Waals surface area contributed by atoms with Gasteiger partial charge in [0.05, 0.1) is 7.11 Å². The number of hydrogen-bond donors (Lipinski definition) is 1. The molecular weight excluding hydrogens is 118 g/mol. The van der Waals surface area contributed by atoms with Gasteiger partial charge in [-0.3, -0.25) is 0 Å². The zero-order chi connectivity index (χ0) is 6.85. The number of ether oxygens (including phenoxy) is 1. The van der Waals surface area contributed by atoms with Gasteiger partial charge in [-0.2, -0.15) is 0 Å². The highest BCUT2D eigenvalue weighted by atomic mass is 16.5. The van der Waals surface area contributed by atoms with Crippen molar-refractivity contribution in [3.63, 3.8) is 0 Å². The lowest BCUT2D eigenvalue weighted by Gasteiger charge is -1.96. The van der Waals surface area contributed by atoms with Crippen LogP contribution in [0.5, 0.6) is 11.6 Å². The Labute approximate surface area is 53.5 Å². The fraction of sp³-hybridized carbons (Fsp3) is 0.333. The molecule has 3 heteroatoms. The van der Waals surface area contributed by atoms with E-state index < -0.39 is 0 Å². The van der Waals surface area contributed by atoms with Gasteiger partial charge in [0, 0.05) is 19.3 Å². The van der Waals surface area contributed by atoms with Crippen LogP contribution in [0.1, 0.15) is 0 Å². The van der Waals surface area contributed by atoms with Gasteiger partial charge in [0.2, 0.25) is 0 Å². The summed E-state index contributed by atoms with van der Waals surface area (Å²) in [6.45, 7) is 0. The van der Waals surface area contributed by atoms with E-state index in [-0.39, 0.29) is 5.75 Å². The molecule has 0 bridgehead atoms. The number of methoxy groups -OCH3 is 1. The number of rotatable bonds is 1. The molecule has 1 N–H and O–H groups in total. The summed E-state index contributed by atoms with van der Waals surface area (Å²) in [7, 11) is 3.37. The summed E-state index contributed by atoms with van der Waals surface area (Å²) >= 11 is 0. The molecule has 50 valence electrons. The Morgan fingerprint density at radius 1 is 1.67 bits per heavy atom. The van der Waals surface area contributed by atoms with Gasteiger partial charge in [-0.1, -0.05) is 0 Å². The summed E-state index contributed by atoms with van der Waals surface area (Å²) in [5.41, 5.74) is 0. The maximum atomic E-state index is 8.86. The first kappa shape index (κ1) is 6.01. The minimum atomic E-state index is 0.231. The van der Waals surface area contributed by atoms with Gasteiger partial charge in [0.15, 0.2) is 5.88 Å². The molecule has 1 rings (SSSR count). The zero-order valence-corrected chi connectivity index (χ0v) is 5.46. The minimum Gasteiger partial charge on any atom is -0.506 e. The van der Waals surface area contributed by atoms with Crippen LogP contribution in [0.15, 0.2) is 12.3 Å². The molecule has 1 aromatic rings. The molecule has 0 amide bonds. The molecule has 0 spiro atoms. The summed E-state index contributed by atoms with van der Waals surface area (Å²) in [5.74, 6) is 0.891. The van der Waals surface area contributed by atoms with E-state index in [0.29, 0.717) is 5.88 Å². The van der Waals surface area contributed by atoms with Gasteiger partial charge in [-0.05, 0) is 0 Å². The first-order valence-corrected chi connectivity index (χ1v) is 2.63. The monoisotopic (exact) mass is 127 g/mol. The molecule has 3 nitrogen and oxygen atoms in total. The van der Waals surface area contributed by atoms with Crippen LogP contribution >= 0.6 is 0 Å². The first-order chi connectivity index (χ1) is 4.24. The molecule has 9 heavy (non-hydrogen) atoms. The molecule has 1 aromatic heterocycles. The molecule has 0 aliphatic heterocycles. The smallest absolute Gasteiger partial charge is 0.196 e. The highest BCUT2D eigenvalue weighted by Gasteiger charge is 1.98. The molecule has 0 unspecified atom stereocenters. The summed E-state index contributed by atoms with van der Waals surface area (Å²) in [5, 5.41) is 8.86. The SMILES string of the molecule is COc1cc(O)cn1C. The number of hydrogen-bond acceptors (Lipinski definition) is 2. The summed E-state index contributed by atoms with van der Waals surface area (Å²) in [6, 6.07) is 1.56. The van der Waals surface area contributed by atoms with Gasteiger partial charge in [-0.25, -0.2) is 0 Å². The topological polar surface area (TPSA) is 34.4 Å². The van der Waals surface area contributed by atoms with Crippen molar-refractivity contribution in [1.82, 2.24) is 4.57 Å². The lowest BCUT2D eigenvalue weighted by atomic mass is 10.6. The molecule has 0 aliphatic carbocycles. The van der Waals surface area contributed by atoms with Crippen molar-refractivity contribution >= 4 is 0 Å². The van der Waals surface area contributed by atoms with Crippen molar-refractivity contribution < 1.29 is 9.84 Å². The zero-order valence-electron chi connectivity index (χ0n) is 5.46. The van der Waals surface area contributed by atoms with E-state index >= 15 is 0 Å². The number of nitrogens with zero attached hydrogens (tertiary/aromatic N) is 1. The fourth-order valence-electron chi connectivity index (χ4n) is 0.731. The van der Waals surface area contributed by atoms with E-state index in [9.17, 15) is 0 Å². The Hall–Kier alpha value is -1.12. The van der Waals surface area contributed by atoms with Gasteiger partial charge in [0.25, 0.3) is 0 Å². The molecule has 0 aromatic carbocycles. The molecule has 1 heterocycles. The van der Waals surface area contributed by atoms with Gasteiger partial charge < -0.3 is 14.4 Å². The van der Waals surface area contributed by atoms with E-state index in [0.717, 1.165) is 0 Å². The van der Waals surface area contributed by atoms with Crippen LogP contribution in [-0.4, -0.2) is 16.8 Å². The second-order valence-corrected chi connectivity index (χ2v) is 1.85. The first-order valence-electron chi connectivity index (χ1n) is 2.63. The molecule has 0 saturated heterocycles. The molecule has 0 radical (unpaired) electrons. The van der Waals surface area contributed by atoms with Crippen molar-refractivity contribution in [3.05, 3.63) is 12.3 Å². The van der Waals surface area contributed by atoms with Crippen LogP contribution in [0.4, 0.5) is 0 Å². The number of aromatic nitrogens is 1. The Kier molecular flexibility index (Phi) is 1.34. The average molecular weight is 127 g/mol. The number of aromatic hydroxyl groups is 1. The normalized spacial score (nSPS) is 9.56. The van der Waals surface area contributed by atoms with E-state index in [1.54, 1.807) is 31.0 Å². The predicted octanol–water partition coefficient (Wildman–Crippen LogP) is 0.739. The summed E-state index contributed by atoms with van der Waals surface area (Å²) < 4.78 is 6.57. The third kappa shape index (κ3) is 0.988. The van der Waals surface area contributed by atoms with Gasteiger partial charge in [0.1, 0.15) is 5.75 Å². The Bertz CT molecular complexity index is 205. The second-order valence-electron chi connectivity index (χ2n) is 1.85. The Morgan fingerprint density at radius 2 is 2.33 bits per heavy atom. The Morgan fingerprint density at radius 3 is 2.56 bits per heavy atom. The third-order valence-corrected chi connectivity index (χ3v) is 1.15. The van der Waals surface area contributed by atoms with Crippen LogP contribution in [0.3, 0.4) is 0 Å². The van der Waals surface area contributed by atoms with Crippen LogP contribution in [0, 0.1) is 0 Å². The van der Waals surface area contributed by atoms with Crippen molar-refractivity contribution in [2.45, 2.75) is 0 Å². The largest absolute Gasteiger partial charge is 0.506 e. The molecule has 0 fully saturated rings. The standard InChI is InChI=1S/C6H9NO2/c1-7-4-5(8)3-6(7)9-2/h3-4,8H,1-2H3. The molecule has 0 saturated carbocycles.